The predicted molar refractivity (Wildman–Crippen MR) is 130 cm³/mol. The van der Waals surface area contributed by atoms with Gasteiger partial charge in [0.05, 0.1) is 16.9 Å². The van der Waals surface area contributed by atoms with Crippen LogP contribution < -0.4 is 10.2 Å². The SMILES string of the molecule is O=C(CSCc1cccc(Br)c1)N/N=C/c1ccc(OCc2ccc([N+](=O)[O-])cc2)cc1. The zero-order chi connectivity index (χ0) is 22.8. The van der Waals surface area contributed by atoms with Gasteiger partial charge in [0.25, 0.3) is 5.69 Å². The summed E-state index contributed by atoms with van der Waals surface area (Å²) in [6.07, 6.45) is 1.57. The molecule has 7 nitrogen and oxygen atoms in total. The van der Waals surface area contributed by atoms with Crippen LogP contribution in [0.3, 0.4) is 0 Å². The molecule has 0 unspecified atom stereocenters. The topological polar surface area (TPSA) is 93.8 Å². The first-order chi connectivity index (χ1) is 15.5. The van der Waals surface area contributed by atoms with Gasteiger partial charge in [-0.2, -0.15) is 5.10 Å². The first-order valence-corrected chi connectivity index (χ1v) is 11.5. The Morgan fingerprint density at radius 3 is 2.53 bits per heavy atom. The number of carbonyl (C=O) groups excluding carboxylic acids is 1. The standard InChI is InChI=1S/C23H20BrN3O4S/c24-20-3-1-2-19(12-20)15-32-16-23(28)26-25-13-17-6-10-22(11-7-17)31-14-18-4-8-21(9-5-18)27(29)30/h1-13H,14-16H2,(H,26,28)/b25-13+. The van der Waals surface area contributed by atoms with Gasteiger partial charge in [-0.3, -0.25) is 14.9 Å². The Labute approximate surface area is 198 Å². The lowest BCUT2D eigenvalue weighted by Gasteiger charge is -2.06. The maximum absolute atomic E-state index is 11.9. The molecule has 0 saturated carbocycles. The van der Waals surface area contributed by atoms with Crippen LogP contribution in [0, 0.1) is 10.1 Å². The Morgan fingerprint density at radius 2 is 1.84 bits per heavy atom. The average molecular weight is 514 g/mol. The van der Waals surface area contributed by atoms with Crippen molar-refractivity contribution in [2.75, 3.05) is 5.75 Å². The number of nitrogens with one attached hydrogen (secondary N) is 1. The molecule has 1 amide bonds. The van der Waals surface area contributed by atoms with E-state index in [0.29, 0.717) is 18.1 Å². The molecule has 0 fully saturated rings. The number of hydrazone groups is 1. The van der Waals surface area contributed by atoms with Crippen LogP contribution in [0.15, 0.2) is 82.4 Å². The van der Waals surface area contributed by atoms with Crippen LogP contribution in [0.4, 0.5) is 5.69 Å². The highest BCUT2D eigenvalue weighted by atomic mass is 79.9. The molecule has 0 bridgehead atoms. The highest BCUT2D eigenvalue weighted by molar-refractivity contribution is 9.10. The Morgan fingerprint density at radius 1 is 1.09 bits per heavy atom. The molecule has 0 aliphatic heterocycles. The monoisotopic (exact) mass is 513 g/mol. The van der Waals surface area contributed by atoms with Gasteiger partial charge < -0.3 is 4.74 Å². The van der Waals surface area contributed by atoms with Crippen molar-refractivity contribution >= 4 is 45.5 Å². The molecule has 0 saturated heterocycles. The molecular weight excluding hydrogens is 494 g/mol. The molecule has 164 valence electrons. The van der Waals surface area contributed by atoms with Crippen LogP contribution in [0.1, 0.15) is 16.7 Å². The molecule has 1 N–H and O–H groups in total. The number of ether oxygens (including phenoxy) is 1. The quantitative estimate of drug-likeness (QED) is 0.225. The van der Waals surface area contributed by atoms with E-state index in [2.05, 4.69) is 26.5 Å². The van der Waals surface area contributed by atoms with E-state index in [1.165, 1.54) is 23.9 Å². The summed E-state index contributed by atoms with van der Waals surface area (Å²) >= 11 is 4.95. The van der Waals surface area contributed by atoms with E-state index in [9.17, 15) is 14.9 Å². The fourth-order valence-corrected chi connectivity index (χ4v) is 3.84. The van der Waals surface area contributed by atoms with Gasteiger partial charge in [0.15, 0.2) is 0 Å². The van der Waals surface area contributed by atoms with Crippen molar-refractivity contribution in [1.29, 1.82) is 0 Å². The summed E-state index contributed by atoms with van der Waals surface area (Å²) in [5.74, 6) is 1.56. The zero-order valence-corrected chi connectivity index (χ0v) is 19.3. The molecule has 0 aliphatic carbocycles. The number of benzene rings is 3. The van der Waals surface area contributed by atoms with Crippen molar-refractivity contribution in [2.24, 2.45) is 5.10 Å². The second kappa shape index (κ2) is 12.0. The largest absolute Gasteiger partial charge is 0.489 e. The summed E-state index contributed by atoms with van der Waals surface area (Å²) in [4.78, 5) is 22.2. The normalized spacial score (nSPS) is 10.8. The van der Waals surface area contributed by atoms with Crippen molar-refractivity contribution in [3.63, 3.8) is 0 Å². The van der Waals surface area contributed by atoms with E-state index in [4.69, 9.17) is 4.74 Å². The summed E-state index contributed by atoms with van der Waals surface area (Å²) in [7, 11) is 0. The summed E-state index contributed by atoms with van der Waals surface area (Å²) in [5, 5.41) is 14.7. The van der Waals surface area contributed by atoms with E-state index in [-0.39, 0.29) is 11.6 Å². The summed E-state index contributed by atoms with van der Waals surface area (Å²) in [6, 6.07) is 21.4. The molecule has 0 spiro atoms. The maximum Gasteiger partial charge on any atom is 0.269 e. The van der Waals surface area contributed by atoms with Crippen LogP contribution in [0.2, 0.25) is 0 Å². The minimum absolute atomic E-state index is 0.0486. The Bertz CT molecular complexity index is 1090. The highest BCUT2D eigenvalue weighted by Gasteiger charge is 2.04. The van der Waals surface area contributed by atoms with Crippen LogP contribution >= 0.6 is 27.7 Å². The van der Waals surface area contributed by atoms with Gasteiger partial charge in [-0.05, 0) is 65.2 Å². The average Bonchev–Trinajstić information content (AvgIpc) is 2.79. The van der Waals surface area contributed by atoms with Crippen molar-refractivity contribution in [1.82, 2.24) is 5.43 Å². The Hall–Kier alpha value is -3.17. The molecule has 32 heavy (non-hydrogen) atoms. The summed E-state index contributed by atoms with van der Waals surface area (Å²) in [5.41, 5.74) is 5.37. The zero-order valence-electron chi connectivity index (χ0n) is 16.9. The number of halogens is 1. The second-order valence-electron chi connectivity index (χ2n) is 6.70. The number of hydrogen-bond acceptors (Lipinski definition) is 6. The van der Waals surface area contributed by atoms with E-state index in [1.807, 2.05) is 36.4 Å². The first kappa shape index (κ1) is 23.5. The van der Waals surface area contributed by atoms with Gasteiger partial charge in [0, 0.05) is 22.4 Å². The van der Waals surface area contributed by atoms with Crippen molar-refractivity contribution in [2.45, 2.75) is 12.4 Å². The number of amides is 1. The number of hydrogen-bond donors (Lipinski definition) is 1. The molecule has 3 aromatic carbocycles. The molecule has 3 rings (SSSR count). The number of thioether (sulfide) groups is 1. The van der Waals surface area contributed by atoms with Crippen molar-refractivity contribution < 1.29 is 14.5 Å². The minimum Gasteiger partial charge on any atom is -0.489 e. The van der Waals surface area contributed by atoms with E-state index < -0.39 is 4.92 Å². The molecule has 0 heterocycles. The van der Waals surface area contributed by atoms with Crippen molar-refractivity contribution in [3.05, 3.63) is 104 Å². The number of nitrogens with zero attached hydrogens (tertiary/aromatic N) is 2. The third-order valence-corrected chi connectivity index (χ3v) is 5.72. The van der Waals surface area contributed by atoms with Crippen LogP contribution in [0.25, 0.3) is 0 Å². The lowest BCUT2D eigenvalue weighted by atomic mass is 10.2. The second-order valence-corrected chi connectivity index (χ2v) is 8.60. The fraction of sp³-hybridized carbons (Fsp3) is 0.130. The van der Waals surface area contributed by atoms with E-state index >= 15 is 0 Å². The number of rotatable bonds is 10. The molecule has 0 aromatic heterocycles. The fourth-order valence-electron chi connectivity index (χ4n) is 2.63. The Balaban J connectivity index is 1.38. The van der Waals surface area contributed by atoms with Gasteiger partial charge in [0.2, 0.25) is 5.91 Å². The number of non-ortho nitro benzene ring substituents is 1. The number of carbonyl (C=O) groups is 1. The van der Waals surface area contributed by atoms with Gasteiger partial charge in [-0.15, -0.1) is 11.8 Å². The highest BCUT2D eigenvalue weighted by Crippen LogP contribution is 2.17. The van der Waals surface area contributed by atoms with Crippen molar-refractivity contribution in [3.8, 4) is 5.75 Å². The van der Waals surface area contributed by atoms with Gasteiger partial charge in [0.1, 0.15) is 12.4 Å². The Kier molecular flexibility index (Phi) is 8.82. The smallest absolute Gasteiger partial charge is 0.269 e. The van der Waals surface area contributed by atoms with Crippen LogP contribution in [0.5, 0.6) is 5.75 Å². The van der Waals surface area contributed by atoms with Gasteiger partial charge in [-0.25, -0.2) is 5.43 Å². The van der Waals surface area contributed by atoms with Gasteiger partial charge >= 0.3 is 0 Å². The number of nitro groups is 1. The predicted octanol–water partition coefficient (Wildman–Crippen LogP) is 5.32. The third kappa shape index (κ3) is 7.82. The molecular formula is C23H20BrN3O4S. The summed E-state index contributed by atoms with van der Waals surface area (Å²) < 4.78 is 6.71. The van der Waals surface area contributed by atoms with E-state index in [1.54, 1.807) is 30.5 Å². The van der Waals surface area contributed by atoms with E-state index in [0.717, 1.165) is 26.9 Å². The molecule has 9 heteroatoms. The lowest BCUT2D eigenvalue weighted by Crippen LogP contribution is -2.19. The molecule has 0 radical (unpaired) electrons. The summed E-state index contributed by atoms with van der Waals surface area (Å²) in [6.45, 7) is 0.305. The van der Waals surface area contributed by atoms with Crippen LogP contribution in [-0.4, -0.2) is 22.8 Å². The lowest BCUT2D eigenvalue weighted by molar-refractivity contribution is -0.384. The molecule has 0 atom stereocenters. The minimum atomic E-state index is -0.434. The maximum atomic E-state index is 11.9. The first-order valence-electron chi connectivity index (χ1n) is 9.60. The van der Waals surface area contributed by atoms with Crippen LogP contribution in [-0.2, 0) is 17.2 Å². The molecule has 3 aromatic rings. The van der Waals surface area contributed by atoms with Gasteiger partial charge in [-0.1, -0.05) is 28.1 Å². The number of nitro benzene ring substituents is 1. The third-order valence-electron chi connectivity index (χ3n) is 4.23. The molecule has 0 aliphatic rings.